The molecular formula is C12H25NS. The van der Waals surface area contributed by atoms with Crippen LogP contribution in [0.3, 0.4) is 0 Å². The van der Waals surface area contributed by atoms with Crippen LogP contribution in [-0.2, 0) is 0 Å². The Morgan fingerprint density at radius 1 is 1.36 bits per heavy atom. The molecular weight excluding hydrogens is 190 g/mol. The molecule has 0 saturated carbocycles. The lowest BCUT2D eigenvalue weighted by Crippen LogP contribution is -2.43. The van der Waals surface area contributed by atoms with Gasteiger partial charge in [0, 0.05) is 17.3 Å². The van der Waals surface area contributed by atoms with Crippen molar-refractivity contribution in [1.82, 2.24) is 5.32 Å². The van der Waals surface area contributed by atoms with Crippen LogP contribution in [0.4, 0.5) is 0 Å². The van der Waals surface area contributed by atoms with Crippen molar-refractivity contribution in [2.75, 3.05) is 5.75 Å². The Morgan fingerprint density at radius 3 is 2.43 bits per heavy atom. The van der Waals surface area contributed by atoms with Gasteiger partial charge in [0.15, 0.2) is 0 Å². The fraction of sp³-hybridized carbons (Fsp3) is 1.00. The summed E-state index contributed by atoms with van der Waals surface area (Å²) in [4.78, 5) is 0. The van der Waals surface area contributed by atoms with E-state index in [0.717, 1.165) is 17.2 Å². The minimum Gasteiger partial charge on any atom is -0.310 e. The Bertz CT molecular complexity index is 156. The quantitative estimate of drug-likeness (QED) is 0.755. The zero-order valence-electron chi connectivity index (χ0n) is 10.0. The normalized spacial score (nSPS) is 29.8. The third-order valence-electron chi connectivity index (χ3n) is 3.61. The topological polar surface area (TPSA) is 12.0 Å². The summed E-state index contributed by atoms with van der Waals surface area (Å²) in [5.41, 5.74) is 0. The van der Waals surface area contributed by atoms with Crippen molar-refractivity contribution in [3.8, 4) is 0 Å². The first-order valence-electron chi connectivity index (χ1n) is 6.06. The third kappa shape index (κ3) is 3.16. The fourth-order valence-corrected chi connectivity index (χ4v) is 3.63. The molecule has 0 aromatic carbocycles. The zero-order valence-corrected chi connectivity index (χ0v) is 10.9. The third-order valence-corrected chi connectivity index (χ3v) is 4.93. The Kier molecular flexibility index (Phi) is 5.32. The summed E-state index contributed by atoms with van der Waals surface area (Å²) < 4.78 is 0. The molecule has 0 aliphatic carbocycles. The molecule has 1 nitrogen and oxygen atoms in total. The molecule has 1 fully saturated rings. The van der Waals surface area contributed by atoms with Gasteiger partial charge in [-0.1, -0.05) is 33.6 Å². The number of rotatable bonds is 5. The standard InChI is InChI=1S/C12H25NS/c1-5-11(6-2)9(3)13-12-7-8-14-10(12)4/h9-13H,5-8H2,1-4H3. The summed E-state index contributed by atoms with van der Waals surface area (Å²) in [6.45, 7) is 9.32. The number of hydrogen-bond donors (Lipinski definition) is 1. The van der Waals surface area contributed by atoms with Gasteiger partial charge in [-0.15, -0.1) is 0 Å². The van der Waals surface area contributed by atoms with Crippen LogP contribution in [-0.4, -0.2) is 23.1 Å². The SMILES string of the molecule is CCC(CC)C(C)NC1CCSC1C. The Morgan fingerprint density at radius 2 is 2.00 bits per heavy atom. The monoisotopic (exact) mass is 215 g/mol. The molecule has 84 valence electrons. The molecule has 3 unspecified atom stereocenters. The molecule has 2 heteroatoms. The van der Waals surface area contributed by atoms with Gasteiger partial charge in [0.25, 0.3) is 0 Å². The van der Waals surface area contributed by atoms with E-state index < -0.39 is 0 Å². The van der Waals surface area contributed by atoms with Gasteiger partial charge in [-0.3, -0.25) is 0 Å². The molecule has 3 atom stereocenters. The maximum Gasteiger partial charge on any atom is 0.0194 e. The first-order valence-corrected chi connectivity index (χ1v) is 7.11. The van der Waals surface area contributed by atoms with Gasteiger partial charge in [-0.05, 0) is 25.0 Å². The zero-order chi connectivity index (χ0) is 10.6. The summed E-state index contributed by atoms with van der Waals surface area (Å²) in [7, 11) is 0. The molecule has 0 amide bonds. The Balaban J connectivity index is 2.34. The molecule has 0 radical (unpaired) electrons. The predicted octanol–water partition coefficient (Wildman–Crippen LogP) is 3.29. The highest BCUT2D eigenvalue weighted by atomic mass is 32.2. The van der Waals surface area contributed by atoms with Crippen molar-refractivity contribution in [3.05, 3.63) is 0 Å². The van der Waals surface area contributed by atoms with Crippen molar-refractivity contribution in [2.24, 2.45) is 5.92 Å². The van der Waals surface area contributed by atoms with Gasteiger partial charge in [0.2, 0.25) is 0 Å². The first-order chi connectivity index (χ1) is 6.69. The molecule has 1 heterocycles. The first kappa shape index (κ1) is 12.4. The average Bonchev–Trinajstić information content (AvgIpc) is 2.54. The van der Waals surface area contributed by atoms with E-state index in [4.69, 9.17) is 0 Å². The summed E-state index contributed by atoms with van der Waals surface area (Å²) in [5, 5.41) is 4.62. The van der Waals surface area contributed by atoms with E-state index >= 15 is 0 Å². The lowest BCUT2D eigenvalue weighted by Gasteiger charge is -2.27. The minimum atomic E-state index is 0.691. The van der Waals surface area contributed by atoms with Gasteiger partial charge in [0.1, 0.15) is 0 Å². The summed E-state index contributed by atoms with van der Waals surface area (Å²) in [6.07, 6.45) is 3.97. The lowest BCUT2D eigenvalue weighted by atomic mass is 9.94. The van der Waals surface area contributed by atoms with E-state index in [1.165, 1.54) is 25.0 Å². The van der Waals surface area contributed by atoms with E-state index in [0.29, 0.717) is 6.04 Å². The Labute approximate surface area is 93.4 Å². The molecule has 0 bridgehead atoms. The van der Waals surface area contributed by atoms with E-state index in [1.807, 2.05) is 0 Å². The van der Waals surface area contributed by atoms with Crippen LogP contribution < -0.4 is 5.32 Å². The maximum absolute atomic E-state index is 3.81. The second-order valence-corrected chi connectivity index (χ2v) is 5.99. The van der Waals surface area contributed by atoms with Crippen molar-refractivity contribution >= 4 is 11.8 Å². The molecule has 0 aromatic rings. The molecule has 1 aliphatic rings. The maximum atomic E-state index is 3.81. The molecule has 1 aliphatic heterocycles. The van der Waals surface area contributed by atoms with Crippen LogP contribution in [0.15, 0.2) is 0 Å². The molecule has 14 heavy (non-hydrogen) atoms. The van der Waals surface area contributed by atoms with Crippen molar-refractivity contribution < 1.29 is 0 Å². The van der Waals surface area contributed by atoms with Crippen LogP contribution in [0.2, 0.25) is 0 Å². The van der Waals surface area contributed by atoms with Gasteiger partial charge in [-0.25, -0.2) is 0 Å². The van der Waals surface area contributed by atoms with Crippen molar-refractivity contribution in [1.29, 1.82) is 0 Å². The molecule has 1 saturated heterocycles. The van der Waals surface area contributed by atoms with Crippen molar-refractivity contribution in [3.63, 3.8) is 0 Å². The largest absolute Gasteiger partial charge is 0.310 e. The molecule has 1 rings (SSSR count). The van der Waals surface area contributed by atoms with Gasteiger partial charge in [0.05, 0.1) is 0 Å². The smallest absolute Gasteiger partial charge is 0.0194 e. The molecule has 1 N–H and O–H groups in total. The van der Waals surface area contributed by atoms with Gasteiger partial charge >= 0.3 is 0 Å². The summed E-state index contributed by atoms with van der Waals surface area (Å²) in [6, 6.07) is 1.45. The van der Waals surface area contributed by atoms with Gasteiger partial charge in [-0.2, -0.15) is 11.8 Å². The second kappa shape index (κ2) is 6.02. The number of nitrogens with one attached hydrogen (secondary N) is 1. The van der Waals surface area contributed by atoms with E-state index in [2.05, 4.69) is 44.8 Å². The highest BCUT2D eigenvalue weighted by Gasteiger charge is 2.26. The van der Waals surface area contributed by atoms with E-state index in [9.17, 15) is 0 Å². The predicted molar refractivity (Wildman–Crippen MR) is 67.0 cm³/mol. The van der Waals surface area contributed by atoms with Crippen molar-refractivity contribution in [2.45, 2.75) is 64.3 Å². The average molecular weight is 215 g/mol. The highest BCUT2D eigenvalue weighted by molar-refractivity contribution is 8.00. The molecule has 0 spiro atoms. The summed E-state index contributed by atoms with van der Waals surface area (Å²) in [5.74, 6) is 2.20. The lowest BCUT2D eigenvalue weighted by molar-refractivity contribution is 0.320. The van der Waals surface area contributed by atoms with Crippen LogP contribution in [0.25, 0.3) is 0 Å². The highest BCUT2D eigenvalue weighted by Crippen LogP contribution is 2.27. The Hall–Kier alpha value is 0.310. The number of thioether (sulfide) groups is 1. The van der Waals surface area contributed by atoms with Crippen LogP contribution in [0.1, 0.15) is 47.0 Å². The van der Waals surface area contributed by atoms with E-state index in [1.54, 1.807) is 0 Å². The second-order valence-electron chi connectivity index (χ2n) is 4.50. The van der Waals surface area contributed by atoms with Gasteiger partial charge < -0.3 is 5.32 Å². The van der Waals surface area contributed by atoms with Crippen LogP contribution >= 0.6 is 11.8 Å². The van der Waals surface area contributed by atoms with Crippen LogP contribution in [0, 0.1) is 5.92 Å². The summed E-state index contributed by atoms with van der Waals surface area (Å²) >= 11 is 2.11. The number of hydrogen-bond acceptors (Lipinski definition) is 2. The van der Waals surface area contributed by atoms with E-state index in [-0.39, 0.29) is 0 Å². The molecule has 0 aromatic heterocycles. The minimum absolute atomic E-state index is 0.691. The fourth-order valence-electron chi connectivity index (χ4n) is 2.42. The van der Waals surface area contributed by atoms with Crippen LogP contribution in [0.5, 0.6) is 0 Å².